The SMILES string of the molecule is Cl.N#CC1CCC1. The van der Waals surface area contributed by atoms with Gasteiger partial charge in [0.15, 0.2) is 0 Å². The van der Waals surface area contributed by atoms with Crippen LogP contribution in [0.15, 0.2) is 0 Å². The Labute approximate surface area is 49.7 Å². The zero-order valence-corrected chi connectivity index (χ0v) is 4.87. The van der Waals surface area contributed by atoms with Gasteiger partial charge in [-0.25, -0.2) is 0 Å². The van der Waals surface area contributed by atoms with Crippen LogP contribution in [0.4, 0.5) is 0 Å². The average Bonchev–Trinajstić information content (AvgIpc) is 1.31. The van der Waals surface area contributed by atoms with Crippen LogP contribution in [0.25, 0.3) is 0 Å². The molecule has 0 unspecified atom stereocenters. The molecule has 0 aromatic heterocycles. The van der Waals surface area contributed by atoms with E-state index >= 15 is 0 Å². The molecule has 0 aromatic rings. The van der Waals surface area contributed by atoms with Crippen molar-refractivity contribution in [2.45, 2.75) is 19.3 Å². The van der Waals surface area contributed by atoms with E-state index in [1.807, 2.05) is 0 Å². The van der Waals surface area contributed by atoms with Crippen LogP contribution in [0.1, 0.15) is 19.3 Å². The van der Waals surface area contributed by atoms with Gasteiger partial charge < -0.3 is 0 Å². The van der Waals surface area contributed by atoms with Crippen molar-refractivity contribution in [3.63, 3.8) is 0 Å². The van der Waals surface area contributed by atoms with E-state index in [0.29, 0.717) is 5.92 Å². The highest BCUT2D eigenvalue weighted by Crippen LogP contribution is 2.24. The molecule has 1 fully saturated rings. The van der Waals surface area contributed by atoms with Gasteiger partial charge in [-0.2, -0.15) is 5.26 Å². The van der Waals surface area contributed by atoms with Crippen molar-refractivity contribution >= 4 is 12.4 Å². The molecule has 0 N–H and O–H groups in total. The standard InChI is InChI=1S/C5H7N.ClH/c6-4-5-2-1-3-5;/h5H,1-3H2;1H. The Balaban J connectivity index is 0.000000360. The Morgan fingerprint density at radius 1 is 1.43 bits per heavy atom. The highest BCUT2D eigenvalue weighted by molar-refractivity contribution is 5.85. The van der Waals surface area contributed by atoms with Gasteiger partial charge in [0.25, 0.3) is 0 Å². The van der Waals surface area contributed by atoms with E-state index in [1.54, 1.807) is 0 Å². The van der Waals surface area contributed by atoms with E-state index in [-0.39, 0.29) is 12.4 Å². The highest BCUT2D eigenvalue weighted by atomic mass is 35.5. The summed E-state index contributed by atoms with van der Waals surface area (Å²) in [7, 11) is 0. The molecule has 1 nitrogen and oxygen atoms in total. The summed E-state index contributed by atoms with van der Waals surface area (Å²) in [6.45, 7) is 0. The number of halogens is 1. The first-order valence-electron chi connectivity index (χ1n) is 2.33. The van der Waals surface area contributed by atoms with Crippen molar-refractivity contribution in [3.8, 4) is 6.07 Å². The molecule has 0 saturated heterocycles. The van der Waals surface area contributed by atoms with Crippen LogP contribution in [0, 0.1) is 17.2 Å². The maximum atomic E-state index is 8.14. The lowest BCUT2D eigenvalue weighted by Gasteiger charge is -2.15. The van der Waals surface area contributed by atoms with E-state index in [2.05, 4.69) is 6.07 Å². The third kappa shape index (κ3) is 1.36. The third-order valence-corrected chi connectivity index (χ3v) is 1.29. The van der Waals surface area contributed by atoms with Gasteiger partial charge in [-0.05, 0) is 12.8 Å². The number of hydrogen-bond donors (Lipinski definition) is 0. The molecule has 1 saturated carbocycles. The van der Waals surface area contributed by atoms with Gasteiger partial charge >= 0.3 is 0 Å². The van der Waals surface area contributed by atoms with Gasteiger partial charge in [0.05, 0.1) is 6.07 Å². The lowest BCUT2D eigenvalue weighted by molar-refractivity contribution is 0.397. The first-order chi connectivity index (χ1) is 2.93. The molecule has 1 rings (SSSR count). The molecule has 0 heterocycles. The molecule has 0 aromatic carbocycles. The van der Waals surface area contributed by atoms with Crippen LogP contribution in [0.3, 0.4) is 0 Å². The highest BCUT2D eigenvalue weighted by Gasteiger charge is 2.14. The zero-order chi connectivity index (χ0) is 4.41. The predicted octanol–water partition coefficient (Wildman–Crippen LogP) is 1.73. The lowest BCUT2D eigenvalue weighted by atomic mass is 9.87. The minimum Gasteiger partial charge on any atom is -0.198 e. The van der Waals surface area contributed by atoms with Crippen molar-refractivity contribution in [2.75, 3.05) is 0 Å². The van der Waals surface area contributed by atoms with E-state index in [4.69, 9.17) is 5.26 Å². The summed E-state index contributed by atoms with van der Waals surface area (Å²) in [6, 6.07) is 2.20. The van der Waals surface area contributed by atoms with E-state index in [0.717, 1.165) is 12.8 Å². The molecule has 1 aliphatic carbocycles. The van der Waals surface area contributed by atoms with Crippen molar-refractivity contribution in [3.05, 3.63) is 0 Å². The molecule has 0 radical (unpaired) electrons. The second kappa shape index (κ2) is 2.87. The van der Waals surface area contributed by atoms with Gasteiger partial charge in [-0.3, -0.25) is 0 Å². The van der Waals surface area contributed by atoms with Gasteiger partial charge in [-0.1, -0.05) is 6.42 Å². The summed E-state index contributed by atoms with van der Waals surface area (Å²) in [6.07, 6.45) is 3.57. The van der Waals surface area contributed by atoms with Crippen LogP contribution in [0.2, 0.25) is 0 Å². The topological polar surface area (TPSA) is 23.8 Å². The van der Waals surface area contributed by atoms with E-state index in [1.165, 1.54) is 6.42 Å². The average molecular weight is 118 g/mol. The molecule has 7 heavy (non-hydrogen) atoms. The molecule has 0 bridgehead atoms. The second-order valence-corrected chi connectivity index (χ2v) is 1.76. The van der Waals surface area contributed by atoms with E-state index in [9.17, 15) is 0 Å². The Hall–Kier alpha value is -0.220. The van der Waals surface area contributed by atoms with Crippen LogP contribution in [-0.4, -0.2) is 0 Å². The molecular weight excluding hydrogens is 110 g/mol. The van der Waals surface area contributed by atoms with Crippen LogP contribution < -0.4 is 0 Å². The van der Waals surface area contributed by atoms with Crippen LogP contribution >= 0.6 is 12.4 Å². The largest absolute Gasteiger partial charge is 0.198 e. The van der Waals surface area contributed by atoms with Crippen LogP contribution in [-0.2, 0) is 0 Å². The first-order valence-corrected chi connectivity index (χ1v) is 2.33. The minimum atomic E-state index is 0. The molecule has 0 aliphatic heterocycles. The molecule has 40 valence electrons. The lowest BCUT2D eigenvalue weighted by Crippen LogP contribution is -2.06. The molecule has 0 spiro atoms. The summed E-state index contributed by atoms with van der Waals surface area (Å²) in [5, 5.41) is 8.14. The zero-order valence-electron chi connectivity index (χ0n) is 4.05. The maximum Gasteiger partial charge on any atom is 0.0655 e. The van der Waals surface area contributed by atoms with Gasteiger partial charge in [0.2, 0.25) is 0 Å². The normalized spacial score (nSPS) is 18.7. The second-order valence-electron chi connectivity index (χ2n) is 1.76. The summed E-state index contributed by atoms with van der Waals surface area (Å²) >= 11 is 0. The smallest absolute Gasteiger partial charge is 0.0655 e. The Bertz CT molecular complexity index is 80.6. The van der Waals surface area contributed by atoms with Gasteiger partial charge in [0.1, 0.15) is 0 Å². The van der Waals surface area contributed by atoms with Gasteiger partial charge in [0, 0.05) is 5.92 Å². The summed E-state index contributed by atoms with van der Waals surface area (Å²) in [5.74, 6) is 0.421. The number of hydrogen-bond acceptors (Lipinski definition) is 1. The number of rotatable bonds is 0. The summed E-state index contributed by atoms with van der Waals surface area (Å²) < 4.78 is 0. The maximum absolute atomic E-state index is 8.14. The van der Waals surface area contributed by atoms with Crippen molar-refractivity contribution < 1.29 is 0 Å². The van der Waals surface area contributed by atoms with Crippen LogP contribution in [0.5, 0.6) is 0 Å². The van der Waals surface area contributed by atoms with Crippen molar-refractivity contribution in [1.82, 2.24) is 0 Å². The number of nitriles is 1. The fourth-order valence-electron chi connectivity index (χ4n) is 0.537. The fraction of sp³-hybridized carbons (Fsp3) is 0.800. The Morgan fingerprint density at radius 2 is 2.00 bits per heavy atom. The first kappa shape index (κ1) is 6.78. The summed E-state index contributed by atoms with van der Waals surface area (Å²) in [5.41, 5.74) is 0. The third-order valence-electron chi connectivity index (χ3n) is 1.29. The van der Waals surface area contributed by atoms with E-state index < -0.39 is 0 Å². The Morgan fingerprint density at radius 3 is 2.00 bits per heavy atom. The minimum absolute atomic E-state index is 0. The quantitative estimate of drug-likeness (QED) is 0.474. The van der Waals surface area contributed by atoms with Crippen molar-refractivity contribution in [1.29, 1.82) is 5.26 Å². The summed E-state index contributed by atoms with van der Waals surface area (Å²) in [4.78, 5) is 0. The molecule has 1 aliphatic rings. The molecule has 0 amide bonds. The molecule has 0 atom stereocenters. The molecule has 2 heteroatoms. The monoisotopic (exact) mass is 117 g/mol. The predicted molar refractivity (Wildman–Crippen MR) is 30.2 cm³/mol. The Kier molecular flexibility index (Phi) is 2.78. The molecular formula is C5H8ClN. The number of nitrogens with zero attached hydrogens (tertiary/aromatic N) is 1. The van der Waals surface area contributed by atoms with Gasteiger partial charge in [-0.15, -0.1) is 12.4 Å². The fourth-order valence-corrected chi connectivity index (χ4v) is 0.537. The van der Waals surface area contributed by atoms with Crippen molar-refractivity contribution in [2.24, 2.45) is 5.92 Å².